The van der Waals surface area contributed by atoms with Gasteiger partial charge in [-0.2, -0.15) is 0 Å². The van der Waals surface area contributed by atoms with Crippen LogP contribution in [0.4, 0.5) is 0 Å². The molecule has 0 aromatic carbocycles. The quantitative estimate of drug-likeness (QED) is 0.718. The first-order valence-corrected chi connectivity index (χ1v) is 7.35. The summed E-state index contributed by atoms with van der Waals surface area (Å²) in [6, 6.07) is 0. The summed E-state index contributed by atoms with van der Waals surface area (Å²) in [5.74, 6) is 0.283. The molecule has 1 saturated carbocycles. The summed E-state index contributed by atoms with van der Waals surface area (Å²) >= 11 is 0. The second kappa shape index (κ2) is 8.15. The zero-order valence-corrected chi connectivity index (χ0v) is 11.9. The third-order valence-corrected chi connectivity index (χ3v) is 3.97. The molecule has 1 rings (SSSR count). The van der Waals surface area contributed by atoms with Crippen molar-refractivity contribution in [2.45, 2.75) is 45.4 Å². The molecule has 0 unspecified atom stereocenters. The molecule has 1 aliphatic rings. The number of rotatable bonds is 7. The molecule has 19 heavy (non-hydrogen) atoms. The van der Waals surface area contributed by atoms with Crippen molar-refractivity contribution < 1.29 is 9.59 Å². The number of hydrogen-bond donors (Lipinski definition) is 2. The minimum atomic E-state index is -0.430. The van der Waals surface area contributed by atoms with Gasteiger partial charge in [0.2, 0.25) is 11.8 Å². The van der Waals surface area contributed by atoms with Crippen molar-refractivity contribution in [3.63, 3.8) is 0 Å². The summed E-state index contributed by atoms with van der Waals surface area (Å²) in [7, 11) is 0. The van der Waals surface area contributed by atoms with Crippen molar-refractivity contribution in [2.75, 3.05) is 19.6 Å². The fourth-order valence-electron chi connectivity index (χ4n) is 2.71. The molecule has 110 valence electrons. The van der Waals surface area contributed by atoms with Gasteiger partial charge in [0.1, 0.15) is 0 Å². The summed E-state index contributed by atoms with van der Waals surface area (Å²) in [5.41, 5.74) is 10.9. The van der Waals surface area contributed by atoms with E-state index >= 15 is 0 Å². The number of nitrogens with zero attached hydrogens (tertiary/aromatic N) is 1. The highest BCUT2D eigenvalue weighted by molar-refractivity contribution is 5.85. The molecule has 5 heteroatoms. The summed E-state index contributed by atoms with van der Waals surface area (Å²) in [4.78, 5) is 25.1. The van der Waals surface area contributed by atoms with E-state index in [-0.39, 0.29) is 18.4 Å². The van der Waals surface area contributed by atoms with Crippen molar-refractivity contribution in [3.05, 3.63) is 0 Å². The van der Waals surface area contributed by atoms with Crippen LogP contribution in [0, 0.1) is 11.8 Å². The number of carbonyl (C=O) groups excluding carboxylic acids is 2. The lowest BCUT2D eigenvalue weighted by molar-refractivity contribution is -0.140. The summed E-state index contributed by atoms with van der Waals surface area (Å²) in [6.45, 7) is 3.46. The van der Waals surface area contributed by atoms with Crippen LogP contribution in [0.2, 0.25) is 0 Å². The van der Waals surface area contributed by atoms with E-state index in [9.17, 15) is 9.59 Å². The molecule has 5 nitrogen and oxygen atoms in total. The predicted octanol–water partition coefficient (Wildman–Crippen LogP) is 0.866. The van der Waals surface area contributed by atoms with E-state index in [4.69, 9.17) is 11.5 Å². The van der Waals surface area contributed by atoms with Crippen molar-refractivity contribution in [1.82, 2.24) is 4.90 Å². The van der Waals surface area contributed by atoms with E-state index < -0.39 is 5.91 Å². The average molecular weight is 269 g/mol. The zero-order valence-electron chi connectivity index (χ0n) is 11.9. The van der Waals surface area contributed by atoms with Gasteiger partial charge in [-0.1, -0.05) is 13.3 Å². The highest BCUT2D eigenvalue weighted by Crippen LogP contribution is 2.29. The molecular weight excluding hydrogens is 242 g/mol. The topological polar surface area (TPSA) is 89.4 Å². The highest BCUT2D eigenvalue weighted by Gasteiger charge is 2.29. The highest BCUT2D eigenvalue weighted by atomic mass is 16.2. The first-order chi connectivity index (χ1) is 9.08. The Balaban J connectivity index is 2.53. The van der Waals surface area contributed by atoms with Crippen molar-refractivity contribution in [2.24, 2.45) is 23.3 Å². The minimum absolute atomic E-state index is 0.0512. The van der Waals surface area contributed by atoms with Gasteiger partial charge in [0.15, 0.2) is 0 Å². The van der Waals surface area contributed by atoms with Gasteiger partial charge >= 0.3 is 0 Å². The number of hydrogen-bond acceptors (Lipinski definition) is 3. The Morgan fingerprint density at radius 3 is 2.32 bits per heavy atom. The average Bonchev–Trinajstić information content (AvgIpc) is 2.42. The van der Waals surface area contributed by atoms with Crippen molar-refractivity contribution >= 4 is 11.8 Å². The molecule has 0 radical (unpaired) electrons. The van der Waals surface area contributed by atoms with E-state index in [0.29, 0.717) is 19.0 Å². The fourth-order valence-corrected chi connectivity index (χ4v) is 2.71. The number of unbranched alkanes of at least 4 members (excludes halogenated alkanes) is 1. The molecule has 2 amide bonds. The van der Waals surface area contributed by atoms with Crippen LogP contribution in [0.1, 0.15) is 45.4 Å². The maximum atomic E-state index is 12.4. The van der Waals surface area contributed by atoms with Crippen LogP contribution in [0.25, 0.3) is 0 Å². The minimum Gasteiger partial charge on any atom is -0.368 e. The molecule has 0 aromatic rings. The lowest BCUT2D eigenvalue weighted by Crippen LogP contribution is -2.43. The second-order valence-electron chi connectivity index (χ2n) is 5.53. The van der Waals surface area contributed by atoms with Crippen molar-refractivity contribution in [3.8, 4) is 0 Å². The summed E-state index contributed by atoms with van der Waals surface area (Å²) < 4.78 is 0. The van der Waals surface area contributed by atoms with Crippen molar-refractivity contribution in [1.29, 1.82) is 0 Å². The standard InChI is InChI=1S/C14H27N3O2/c1-2-3-8-17(10-13(16)18)14(19)12-6-4-11(9-15)5-7-12/h11-12H,2-10,15H2,1H3,(H2,16,18). The van der Waals surface area contributed by atoms with E-state index in [1.807, 2.05) is 0 Å². The van der Waals surface area contributed by atoms with Crippen LogP contribution in [-0.2, 0) is 9.59 Å². The normalized spacial score (nSPS) is 23.1. The second-order valence-corrected chi connectivity index (χ2v) is 5.53. The molecule has 0 bridgehead atoms. The van der Waals surface area contributed by atoms with Crippen LogP contribution in [0.15, 0.2) is 0 Å². The van der Waals surface area contributed by atoms with Gasteiger partial charge in [-0.3, -0.25) is 9.59 Å². The maximum absolute atomic E-state index is 12.4. The summed E-state index contributed by atoms with van der Waals surface area (Å²) in [5, 5.41) is 0. The van der Waals surface area contributed by atoms with E-state index in [1.165, 1.54) is 0 Å². The van der Waals surface area contributed by atoms with Gasteiger partial charge in [-0.25, -0.2) is 0 Å². The number of carbonyl (C=O) groups is 2. The molecule has 0 aliphatic heterocycles. The fraction of sp³-hybridized carbons (Fsp3) is 0.857. The third kappa shape index (κ3) is 5.19. The van der Waals surface area contributed by atoms with E-state index in [0.717, 1.165) is 38.5 Å². The molecule has 0 saturated heterocycles. The molecule has 1 fully saturated rings. The predicted molar refractivity (Wildman–Crippen MR) is 75.2 cm³/mol. The zero-order chi connectivity index (χ0) is 14.3. The van der Waals surface area contributed by atoms with Crippen LogP contribution in [-0.4, -0.2) is 36.3 Å². The Bertz CT molecular complexity index is 299. The van der Waals surface area contributed by atoms with Crippen LogP contribution >= 0.6 is 0 Å². The maximum Gasteiger partial charge on any atom is 0.237 e. The Morgan fingerprint density at radius 2 is 1.84 bits per heavy atom. The molecule has 0 spiro atoms. The van der Waals surface area contributed by atoms with Crippen LogP contribution < -0.4 is 11.5 Å². The molecule has 0 heterocycles. The number of amides is 2. The molecule has 0 atom stereocenters. The monoisotopic (exact) mass is 269 g/mol. The van der Waals surface area contributed by atoms with Gasteiger partial charge in [-0.05, 0) is 44.6 Å². The number of primary amides is 1. The van der Waals surface area contributed by atoms with Gasteiger partial charge in [0.25, 0.3) is 0 Å². The molecule has 0 aromatic heterocycles. The first-order valence-electron chi connectivity index (χ1n) is 7.35. The first kappa shape index (κ1) is 16.0. The van der Waals surface area contributed by atoms with Gasteiger partial charge in [-0.15, -0.1) is 0 Å². The van der Waals surface area contributed by atoms with Gasteiger partial charge in [0.05, 0.1) is 6.54 Å². The Morgan fingerprint density at radius 1 is 1.21 bits per heavy atom. The smallest absolute Gasteiger partial charge is 0.237 e. The number of nitrogens with two attached hydrogens (primary N) is 2. The Kier molecular flexibility index (Phi) is 6.84. The van der Waals surface area contributed by atoms with E-state index in [1.54, 1.807) is 4.90 Å². The van der Waals surface area contributed by atoms with Crippen LogP contribution in [0.5, 0.6) is 0 Å². The molecular formula is C14H27N3O2. The van der Waals surface area contributed by atoms with Crippen LogP contribution in [0.3, 0.4) is 0 Å². The summed E-state index contributed by atoms with van der Waals surface area (Å²) in [6.07, 6.45) is 5.74. The Labute approximate surface area is 115 Å². The largest absolute Gasteiger partial charge is 0.368 e. The lowest BCUT2D eigenvalue weighted by atomic mass is 9.81. The Hall–Kier alpha value is -1.10. The van der Waals surface area contributed by atoms with Gasteiger partial charge < -0.3 is 16.4 Å². The van der Waals surface area contributed by atoms with E-state index in [2.05, 4.69) is 6.92 Å². The SMILES string of the molecule is CCCCN(CC(N)=O)C(=O)C1CCC(CN)CC1. The molecule has 1 aliphatic carbocycles. The third-order valence-electron chi connectivity index (χ3n) is 3.97. The molecule has 4 N–H and O–H groups in total. The lowest BCUT2D eigenvalue weighted by Gasteiger charge is -2.31. The van der Waals surface area contributed by atoms with Gasteiger partial charge in [0, 0.05) is 12.5 Å².